The molecule has 6 nitrogen and oxygen atoms in total. The molecule has 18 heavy (non-hydrogen) atoms. The maximum absolute atomic E-state index is 11.8. The Morgan fingerprint density at radius 3 is 2.72 bits per heavy atom. The second-order valence-electron chi connectivity index (χ2n) is 5.08. The molecule has 1 amide bonds. The number of hydrogen-bond acceptors (Lipinski definition) is 4. The molecular formula is C12H20N4O2. The average molecular weight is 252 g/mol. The number of likely N-dealkylation sites (tertiary alicyclic amines) is 1. The number of carbonyl (C=O) groups is 1. The van der Waals surface area contributed by atoms with Crippen LogP contribution >= 0.6 is 0 Å². The van der Waals surface area contributed by atoms with E-state index in [0.29, 0.717) is 19.6 Å². The van der Waals surface area contributed by atoms with Gasteiger partial charge in [0, 0.05) is 13.1 Å². The van der Waals surface area contributed by atoms with Crippen molar-refractivity contribution in [3.63, 3.8) is 0 Å². The van der Waals surface area contributed by atoms with E-state index in [1.54, 1.807) is 0 Å². The number of aromatic amines is 1. The van der Waals surface area contributed by atoms with E-state index in [1.807, 2.05) is 25.7 Å². The number of aryl methyl sites for hydroxylation is 2. The molecule has 3 N–H and O–H groups in total. The van der Waals surface area contributed by atoms with Gasteiger partial charge in [-0.3, -0.25) is 14.8 Å². The summed E-state index contributed by atoms with van der Waals surface area (Å²) in [4.78, 5) is 13.8. The van der Waals surface area contributed by atoms with Crippen LogP contribution in [0.1, 0.15) is 24.7 Å². The predicted octanol–water partition coefficient (Wildman–Crippen LogP) is 0.422. The minimum Gasteiger partial charge on any atom is -0.387 e. The summed E-state index contributed by atoms with van der Waals surface area (Å²) in [7, 11) is 0. The number of rotatable bonds is 4. The smallest absolute Gasteiger partial charge is 0.238 e. The first-order valence-corrected chi connectivity index (χ1v) is 6.19. The van der Waals surface area contributed by atoms with E-state index in [0.717, 1.165) is 23.5 Å². The van der Waals surface area contributed by atoms with E-state index in [2.05, 4.69) is 15.5 Å². The van der Waals surface area contributed by atoms with Crippen molar-refractivity contribution in [3.05, 3.63) is 11.4 Å². The number of aliphatic hydroxyl groups is 1. The fraction of sp³-hybridized carbons (Fsp3) is 0.667. The highest BCUT2D eigenvalue weighted by Gasteiger charge is 2.39. The Bertz CT molecular complexity index is 429. The van der Waals surface area contributed by atoms with Gasteiger partial charge in [-0.05, 0) is 20.3 Å². The number of nitrogens with zero attached hydrogens (tertiary/aromatic N) is 2. The Hall–Kier alpha value is -1.40. The van der Waals surface area contributed by atoms with Crippen molar-refractivity contribution >= 4 is 11.6 Å². The Balaban J connectivity index is 1.84. The molecule has 0 radical (unpaired) electrons. The first-order chi connectivity index (χ1) is 8.43. The normalized spacial score (nSPS) is 18.4. The number of amides is 1. The number of β-amino-alcohol motifs (C(OH)–C–C–N with tert-alkyl or cyclic N) is 1. The van der Waals surface area contributed by atoms with Crippen LogP contribution < -0.4 is 5.32 Å². The van der Waals surface area contributed by atoms with Gasteiger partial charge in [-0.15, -0.1) is 0 Å². The Morgan fingerprint density at radius 1 is 1.56 bits per heavy atom. The van der Waals surface area contributed by atoms with Crippen molar-refractivity contribution in [1.82, 2.24) is 15.1 Å². The minimum absolute atomic E-state index is 0.0687. The average Bonchev–Trinajstić information content (AvgIpc) is 2.58. The number of carbonyl (C=O) groups excluding carboxylic acids is 1. The quantitative estimate of drug-likeness (QED) is 0.725. The molecule has 0 aliphatic carbocycles. The maximum atomic E-state index is 11.8. The highest BCUT2D eigenvalue weighted by Crippen LogP contribution is 2.23. The molecule has 2 rings (SSSR count). The molecule has 6 heteroatoms. The summed E-state index contributed by atoms with van der Waals surface area (Å²) < 4.78 is 0. The van der Waals surface area contributed by atoms with Crippen LogP contribution in [-0.2, 0) is 4.79 Å². The molecule has 1 saturated heterocycles. The molecule has 0 saturated carbocycles. The number of nitrogens with one attached hydrogen (secondary N) is 2. The zero-order valence-electron chi connectivity index (χ0n) is 11.1. The monoisotopic (exact) mass is 252 g/mol. The molecule has 0 aromatic carbocycles. The predicted molar refractivity (Wildman–Crippen MR) is 68.4 cm³/mol. The maximum Gasteiger partial charge on any atom is 0.238 e. The third kappa shape index (κ3) is 2.54. The van der Waals surface area contributed by atoms with Gasteiger partial charge in [-0.2, -0.15) is 5.10 Å². The van der Waals surface area contributed by atoms with Crippen molar-refractivity contribution in [2.24, 2.45) is 0 Å². The SMILES string of the molecule is CCC1(O)CN(CC(=O)Nc2c(C)n[nH]c2C)C1. The zero-order valence-corrected chi connectivity index (χ0v) is 11.1. The summed E-state index contributed by atoms with van der Waals surface area (Å²) in [5.74, 6) is -0.0687. The summed E-state index contributed by atoms with van der Waals surface area (Å²) in [6, 6.07) is 0. The Labute approximate surface area is 106 Å². The summed E-state index contributed by atoms with van der Waals surface area (Å²) in [6.45, 7) is 7.12. The molecule has 0 unspecified atom stereocenters. The summed E-state index contributed by atoms with van der Waals surface area (Å²) >= 11 is 0. The van der Waals surface area contributed by atoms with Gasteiger partial charge in [0.15, 0.2) is 0 Å². The summed E-state index contributed by atoms with van der Waals surface area (Å²) in [6.07, 6.45) is 0.727. The molecule has 0 bridgehead atoms. The van der Waals surface area contributed by atoms with E-state index < -0.39 is 5.60 Å². The van der Waals surface area contributed by atoms with E-state index in [9.17, 15) is 9.90 Å². The van der Waals surface area contributed by atoms with Gasteiger partial charge in [-0.25, -0.2) is 0 Å². The lowest BCUT2D eigenvalue weighted by Crippen LogP contribution is -2.62. The number of hydrogen-bond donors (Lipinski definition) is 3. The lowest BCUT2D eigenvalue weighted by molar-refractivity contribution is -0.128. The number of H-pyrrole nitrogens is 1. The van der Waals surface area contributed by atoms with Crippen LogP contribution in [0.15, 0.2) is 0 Å². The largest absolute Gasteiger partial charge is 0.387 e. The zero-order chi connectivity index (χ0) is 13.3. The van der Waals surface area contributed by atoms with E-state index in [-0.39, 0.29) is 5.91 Å². The molecule has 100 valence electrons. The first-order valence-electron chi connectivity index (χ1n) is 6.19. The van der Waals surface area contributed by atoms with Gasteiger partial charge < -0.3 is 10.4 Å². The second-order valence-corrected chi connectivity index (χ2v) is 5.08. The van der Waals surface area contributed by atoms with Gasteiger partial charge in [-0.1, -0.05) is 6.92 Å². The Morgan fingerprint density at radius 2 is 2.22 bits per heavy atom. The van der Waals surface area contributed by atoms with Gasteiger partial charge in [0.1, 0.15) is 0 Å². The van der Waals surface area contributed by atoms with Crippen molar-refractivity contribution < 1.29 is 9.90 Å². The minimum atomic E-state index is -0.595. The van der Waals surface area contributed by atoms with E-state index in [1.165, 1.54) is 0 Å². The van der Waals surface area contributed by atoms with Crippen molar-refractivity contribution in [2.75, 3.05) is 25.0 Å². The van der Waals surface area contributed by atoms with Crippen molar-refractivity contribution in [2.45, 2.75) is 32.8 Å². The molecule has 1 aromatic rings. The topological polar surface area (TPSA) is 81.2 Å². The Kier molecular flexibility index (Phi) is 3.41. The van der Waals surface area contributed by atoms with E-state index >= 15 is 0 Å². The molecular weight excluding hydrogens is 232 g/mol. The standard InChI is InChI=1S/C12H20N4O2/c1-4-12(18)6-16(7-12)5-10(17)13-11-8(2)14-15-9(11)3/h18H,4-7H2,1-3H3,(H,13,17)(H,14,15). The van der Waals surface area contributed by atoms with E-state index in [4.69, 9.17) is 0 Å². The molecule has 1 aliphatic heterocycles. The lowest BCUT2D eigenvalue weighted by atomic mass is 9.91. The van der Waals surface area contributed by atoms with Crippen LogP contribution in [0.4, 0.5) is 5.69 Å². The molecule has 2 heterocycles. The van der Waals surface area contributed by atoms with Crippen molar-refractivity contribution in [1.29, 1.82) is 0 Å². The highest BCUT2D eigenvalue weighted by molar-refractivity contribution is 5.93. The summed E-state index contributed by atoms with van der Waals surface area (Å²) in [5.41, 5.74) is 1.80. The number of anilines is 1. The van der Waals surface area contributed by atoms with Crippen LogP contribution in [0.25, 0.3) is 0 Å². The highest BCUT2D eigenvalue weighted by atomic mass is 16.3. The van der Waals surface area contributed by atoms with Crippen LogP contribution in [0, 0.1) is 13.8 Å². The lowest BCUT2D eigenvalue weighted by Gasteiger charge is -2.45. The third-order valence-corrected chi connectivity index (χ3v) is 3.45. The van der Waals surface area contributed by atoms with Crippen LogP contribution in [0.5, 0.6) is 0 Å². The molecule has 1 fully saturated rings. The fourth-order valence-corrected chi connectivity index (χ4v) is 2.24. The molecule has 0 atom stereocenters. The van der Waals surface area contributed by atoms with Crippen molar-refractivity contribution in [3.8, 4) is 0 Å². The van der Waals surface area contributed by atoms with Crippen LogP contribution in [-0.4, -0.2) is 51.3 Å². The molecule has 1 aromatic heterocycles. The fourth-order valence-electron chi connectivity index (χ4n) is 2.24. The van der Waals surface area contributed by atoms with Crippen LogP contribution in [0.3, 0.4) is 0 Å². The second kappa shape index (κ2) is 4.70. The van der Waals surface area contributed by atoms with Gasteiger partial charge in [0.05, 0.1) is 29.2 Å². The van der Waals surface area contributed by atoms with Gasteiger partial charge in [0.2, 0.25) is 5.91 Å². The third-order valence-electron chi connectivity index (χ3n) is 3.45. The molecule has 0 spiro atoms. The molecule has 1 aliphatic rings. The van der Waals surface area contributed by atoms with Gasteiger partial charge in [0.25, 0.3) is 0 Å². The summed E-state index contributed by atoms with van der Waals surface area (Å²) in [5, 5.41) is 19.6. The number of aromatic nitrogens is 2. The first kappa shape index (κ1) is 13.0. The van der Waals surface area contributed by atoms with Gasteiger partial charge >= 0.3 is 0 Å². The van der Waals surface area contributed by atoms with Crippen LogP contribution in [0.2, 0.25) is 0 Å².